The van der Waals surface area contributed by atoms with Crippen LogP contribution in [0.2, 0.25) is 0 Å². The molecule has 0 amide bonds. The Bertz CT molecular complexity index is 577. The van der Waals surface area contributed by atoms with Gasteiger partial charge in [0, 0.05) is 30.2 Å². The number of benzene rings is 1. The molecule has 3 nitrogen and oxygen atoms in total. The molecule has 0 radical (unpaired) electrons. The van der Waals surface area contributed by atoms with E-state index in [2.05, 4.69) is 15.6 Å². The minimum Gasteiger partial charge on any atom is -0.366 e. The zero-order valence-electron chi connectivity index (χ0n) is 10.4. The molecule has 2 rings (SSSR count). The summed E-state index contributed by atoms with van der Waals surface area (Å²) in [5.74, 6) is -0.207. The lowest BCUT2D eigenvalue weighted by atomic mass is 10.1. The van der Waals surface area contributed by atoms with Crippen LogP contribution in [0.3, 0.4) is 0 Å². The molecule has 0 atom stereocenters. The van der Waals surface area contributed by atoms with Gasteiger partial charge in [0.1, 0.15) is 5.82 Å². The second kappa shape index (κ2) is 5.35. The van der Waals surface area contributed by atoms with E-state index < -0.39 is 0 Å². The van der Waals surface area contributed by atoms with Gasteiger partial charge in [0.15, 0.2) is 5.11 Å². The van der Waals surface area contributed by atoms with Gasteiger partial charge in [0.25, 0.3) is 0 Å². The summed E-state index contributed by atoms with van der Waals surface area (Å²) in [6.07, 6.45) is 0.803. The molecule has 0 aliphatic carbocycles. The number of hydrogen-bond donors (Lipinski definition) is 3. The highest BCUT2D eigenvalue weighted by Gasteiger charge is 2.08. The third-order valence-corrected chi connectivity index (χ3v) is 3.32. The van der Waals surface area contributed by atoms with Crippen molar-refractivity contribution in [3.05, 3.63) is 35.3 Å². The standard InChI is InChI=1S/C13H16FN3S/c1-8-10(5-6-16-13(18)15-2)11-7-9(14)3-4-12(11)17-8/h3-4,7,17H,5-6H2,1-2H3,(H2,15,16,18). The number of rotatable bonds is 3. The smallest absolute Gasteiger partial charge is 0.166 e. The van der Waals surface area contributed by atoms with Crippen molar-refractivity contribution in [2.75, 3.05) is 13.6 Å². The van der Waals surface area contributed by atoms with Crippen molar-refractivity contribution in [2.45, 2.75) is 13.3 Å². The van der Waals surface area contributed by atoms with E-state index in [9.17, 15) is 4.39 Å². The number of nitrogens with one attached hydrogen (secondary N) is 3. The van der Waals surface area contributed by atoms with Crippen molar-refractivity contribution in [2.24, 2.45) is 0 Å². The number of hydrogen-bond acceptors (Lipinski definition) is 1. The molecule has 0 aliphatic rings. The molecule has 0 bridgehead atoms. The lowest BCUT2D eigenvalue weighted by molar-refractivity contribution is 0.629. The monoisotopic (exact) mass is 265 g/mol. The Hall–Kier alpha value is -1.62. The van der Waals surface area contributed by atoms with Crippen molar-refractivity contribution >= 4 is 28.2 Å². The summed E-state index contributed by atoms with van der Waals surface area (Å²) in [4.78, 5) is 3.26. The van der Waals surface area contributed by atoms with Crippen molar-refractivity contribution in [1.82, 2.24) is 15.6 Å². The molecule has 0 unspecified atom stereocenters. The predicted molar refractivity (Wildman–Crippen MR) is 76.4 cm³/mol. The van der Waals surface area contributed by atoms with Gasteiger partial charge in [-0.25, -0.2) is 4.39 Å². The highest BCUT2D eigenvalue weighted by Crippen LogP contribution is 2.23. The van der Waals surface area contributed by atoms with Crippen LogP contribution in [0.15, 0.2) is 18.2 Å². The maximum absolute atomic E-state index is 13.3. The number of aromatic nitrogens is 1. The maximum Gasteiger partial charge on any atom is 0.166 e. The van der Waals surface area contributed by atoms with Crippen LogP contribution in [0, 0.1) is 12.7 Å². The Balaban J connectivity index is 2.19. The number of fused-ring (bicyclic) bond motifs is 1. The fourth-order valence-corrected chi connectivity index (χ4v) is 2.17. The lowest BCUT2D eigenvalue weighted by Gasteiger charge is -2.07. The van der Waals surface area contributed by atoms with E-state index in [0.717, 1.165) is 35.1 Å². The first-order chi connectivity index (χ1) is 8.61. The topological polar surface area (TPSA) is 39.8 Å². The first-order valence-corrected chi connectivity index (χ1v) is 6.25. The molecule has 1 aromatic carbocycles. The molecule has 2 aromatic rings. The summed E-state index contributed by atoms with van der Waals surface area (Å²) >= 11 is 5.01. The van der Waals surface area contributed by atoms with Crippen molar-refractivity contribution in [1.29, 1.82) is 0 Å². The van der Waals surface area contributed by atoms with Crippen LogP contribution < -0.4 is 10.6 Å². The van der Waals surface area contributed by atoms with Gasteiger partial charge >= 0.3 is 0 Å². The van der Waals surface area contributed by atoms with Crippen LogP contribution in [-0.2, 0) is 6.42 Å². The second-order valence-corrected chi connectivity index (χ2v) is 4.58. The third-order valence-electron chi connectivity index (χ3n) is 2.97. The van der Waals surface area contributed by atoms with Crippen molar-refractivity contribution < 1.29 is 4.39 Å². The molecule has 5 heteroatoms. The fourth-order valence-electron chi connectivity index (χ4n) is 2.07. The van der Waals surface area contributed by atoms with Crippen LogP contribution in [0.1, 0.15) is 11.3 Å². The van der Waals surface area contributed by atoms with Crippen LogP contribution in [0.25, 0.3) is 10.9 Å². The molecule has 0 saturated carbocycles. The maximum atomic E-state index is 13.3. The number of thiocarbonyl (C=S) groups is 1. The number of H-pyrrole nitrogens is 1. The lowest BCUT2D eigenvalue weighted by Crippen LogP contribution is -2.33. The van der Waals surface area contributed by atoms with E-state index >= 15 is 0 Å². The van der Waals surface area contributed by atoms with Gasteiger partial charge < -0.3 is 15.6 Å². The van der Waals surface area contributed by atoms with Crippen LogP contribution >= 0.6 is 12.2 Å². The Labute approximate surface area is 111 Å². The van der Waals surface area contributed by atoms with Crippen LogP contribution in [-0.4, -0.2) is 23.7 Å². The first kappa shape index (κ1) is 12.8. The molecule has 1 aromatic heterocycles. The molecular weight excluding hydrogens is 249 g/mol. The van der Waals surface area contributed by atoms with E-state index in [4.69, 9.17) is 12.2 Å². The molecule has 1 heterocycles. The third kappa shape index (κ3) is 2.61. The minimum atomic E-state index is -0.207. The molecule has 0 spiro atoms. The first-order valence-electron chi connectivity index (χ1n) is 5.84. The van der Waals surface area contributed by atoms with E-state index in [1.165, 1.54) is 6.07 Å². The van der Waals surface area contributed by atoms with E-state index in [1.54, 1.807) is 19.2 Å². The zero-order valence-corrected chi connectivity index (χ0v) is 11.2. The Morgan fingerprint density at radius 2 is 2.22 bits per heavy atom. The molecule has 0 saturated heterocycles. The van der Waals surface area contributed by atoms with E-state index in [-0.39, 0.29) is 5.82 Å². The summed E-state index contributed by atoms with van der Waals surface area (Å²) < 4.78 is 13.3. The molecule has 0 fully saturated rings. The normalized spacial score (nSPS) is 10.6. The average Bonchev–Trinajstić information content (AvgIpc) is 2.65. The average molecular weight is 265 g/mol. The minimum absolute atomic E-state index is 0.207. The highest BCUT2D eigenvalue weighted by atomic mass is 32.1. The van der Waals surface area contributed by atoms with Gasteiger partial charge in [-0.1, -0.05) is 0 Å². The summed E-state index contributed by atoms with van der Waals surface area (Å²) in [5, 5.41) is 7.52. The second-order valence-electron chi connectivity index (χ2n) is 4.17. The summed E-state index contributed by atoms with van der Waals surface area (Å²) in [6.45, 7) is 2.73. The molecule has 18 heavy (non-hydrogen) atoms. The number of halogens is 1. The molecule has 3 N–H and O–H groups in total. The van der Waals surface area contributed by atoms with E-state index in [0.29, 0.717) is 5.11 Å². The number of aryl methyl sites for hydroxylation is 1. The van der Waals surface area contributed by atoms with Gasteiger partial charge in [-0.2, -0.15) is 0 Å². The van der Waals surface area contributed by atoms with Crippen molar-refractivity contribution in [3.8, 4) is 0 Å². The molecule has 0 aliphatic heterocycles. The van der Waals surface area contributed by atoms with Crippen molar-refractivity contribution in [3.63, 3.8) is 0 Å². The van der Waals surface area contributed by atoms with Gasteiger partial charge in [-0.15, -0.1) is 0 Å². The van der Waals surface area contributed by atoms with Gasteiger partial charge in [-0.05, 0) is 49.3 Å². The number of aromatic amines is 1. The largest absolute Gasteiger partial charge is 0.366 e. The molecular formula is C13H16FN3S. The van der Waals surface area contributed by atoms with Gasteiger partial charge in [-0.3, -0.25) is 0 Å². The fraction of sp³-hybridized carbons (Fsp3) is 0.308. The molecule has 96 valence electrons. The van der Waals surface area contributed by atoms with Crippen LogP contribution in [0.5, 0.6) is 0 Å². The summed E-state index contributed by atoms with van der Waals surface area (Å²) in [7, 11) is 1.78. The Morgan fingerprint density at radius 3 is 2.94 bits per heavy atom. The zero-order chi connectivity index (χ0) is 13.1. The predicted octanol–water partition coefficient (Wildman–Crippen LogP) is 2.25. The quantitative estimate of drug-likeness (QED) is 0.745. The highest BCUT2D eigenvalue weighted by molar-refractivity contribution is 7.80. The SMILES string of the molecule is CNC(=S)NCCc1c(C)[nH]c2ccc(F)cc12. The Morgan fingerprint density at radius 1 is 1.44 bits per heavy atom. The Kier molecular flexibility index (Phi) is 3.81. The van der Waals surface area contributed by atoms with E-state index in [1.807, 2.05) is 6.92 Å². The summed E-state index contributed by atoms with van der Waals surface area (Å²) in [6, 6.07) is 4.81. The summed E-state index contributed by atoms with van der Waals surface area (Å²) in [5.41, 5.74) is 3.18. The van der Waals surface area contributed by atoms with Crippen LogP contribution in [0.4, 0.5) is 4.39 Å². The van der Waals surface area contributed by atoms with Gasteiger partial charge in [0.05, 0.1) is 0 Å². The van der Waals surface area contributed by atoms with Gasteiger partial charge in [0.2, 0.25) is 0 Å².